The topological polar surface area (TPSA) is 15.3 Å². The van der Waals surface area contributed by atoms with E-state index in [-0.39, 0.29) is 0 Å². The molecule has 2 nitrogen and oxygen atoms in total. The molecule has 0 aliphatic carbocycles. The van der Waals surface area contributed by atoms with Crippen molar-refractivity contribution in [1.29, 1.82) is 0 Å². The average Bonchev–Trinajstić information content (AvgIpc) is 2.50. The van der Waals surface area contributed by atoms with Crippen molar-refractivity contribution in [3.8, 4) is 0 Å². The molecule has 0 radical (unpaired) electrons. The summed E-state index contributed by atoms with van der Waals surface area (Å²) >= 11 is 0. The maximum absolute atomic E-state index is 3.70. The molecule has 18 heavy (non-hydrogen) atoms. The SMILES string of the molecule is CC(C)C1CN(CC(C(C)C)C(C)C)CCCN1. The summed E-state index contributed by atoms with van der Waals surface area (Å²) in [6, 6.07) is 0.674. The molecule has 0 aromatic heterocycles. The van der Waals surface area contributed by atoms with Crippen LogP contribution in [0.5, 0.6) is 0 Å². The smallest absolute Gasteiger partial charge is 0.0217 e. The number of rotatable bonds is 5. The van der Waals surface area contributed by atoms with Crippen molar-refractivity contribution in [2.24, 2.45) is 23.7 Å². The Morgan fingerprint density at radius 2 is 1.67 bits per heavy atom. The first-order chi connectivity index (χ1) is 8.41. The van der Waals surface area contributed by atoms with Crippen LogP contribution in [0.3, 0.4) is 0 Å². The first-order valence-electron chi connectivity index (χ1n) is 7.87. The van der Waals surface area contributed by atoms with Gasteiger partial charge in [-0.15, -0.1) is 0 Å². The molecule has 1 aliphatic rings. The van der Waals surface area contributed by atoms with Crippen molar-refractivity contribution in [3.63, 3.8) is 0 Å². The lowest BCUT2D eigenvalue weighted by Crippen LogP contribution is -2.43. The van der Waals surface area contributed by atoms with Gasteiger partial charge in [-0.1, -0.05) is 41.5 Å². The highest BCUT2D eigenvalue weighted by Crippen LogP contribution is 2.22. The minimum absolute atomic E-state index is 0.674. The van der Waals surface area contributed by atoms with Crippen molar-refractivity contribution >= 4 is 0 Å². The molecule has 1 rings (SSSR count). The minimum Gasteiger partial charge on any atom is -0.312 e. The molecule has 0 aromatic rings. The second-order valence-electron chi connectivity index (χ2n) is 7.07. The van der Waals surface area contributed by atoms with E-state index in [9.17, 15) is 0 Å². The van der Waals surface area contributed by atoms with Crippen LogP contribution in [0, 0.1) is 23.7 Å². The molecule has 0 amide bonds. The van der Waals surface area contributed by atoms with Crippen molar-refractivity contribution in [2.75, 3.05) is 26.2 Å². The Morgan fingerprint density at radius 1 is 1.06 bits per heavy atom. The first-order valence-corrected chi connectivity index (χ1v) is 7.87. The Kier molecular flexibility index (Phi) is 6.65. The Morgan fingerprint density at radius 3 is 2.17 bits per heavy atom. The van der Waals surface area contributed by atoms with Gasteiger partial charge in [-0.25, -0.2) is 0 Å². The molecule has 0 aromatic carbocycles. The van der Waals surface area contributed by atoms with Crippen molar-refractivity contribution in [3.05, 3.63) is 0 Å². The van der Waals surface area contributed by atoms with Crippen LogP contribution in [0.1, 0.15) is 48.0 Å². The molecule has 1 aliphatic heterocycles. The van der Waals surface area contributed by atoms with Crippen LogP contribution in [-0.4, -0.2) is 37.1 Å². The van der Waals surface area contributed by atoms with Crippen LogP contribution >= 0.6 is 0 Å². The number of nitrogens with zero attached hydrogens (tertiary/aromatic N) is 1. The van der Waals surface area contributed by atoms with Gasteiger partial charge in [-0.05, 0) is 43.2 Å². The minimum atomic E-state index is 0.674. The van der Waals surface area contributed by atoms with E-state index in [1.54, 1.807) is 0 Å². The summed E-state index contributed by atoms with van der Waals surface area (Å²) in [4.78, 5) is 2.70. The Hall–Kier alpha value is -0.0800. The van der Waals surface area contributed by atoms with E-state index in [0.717, 1.165) is 23.7 Å². The third kappa shape index (κ3) is 4.89. The van der Waals surface area contributed by atoms with E-state index in [2.05, 4.69) is 51.8 Å². The zero-order chi connectivity index (χ0) is 13.7. The molecule has 1 heterocycles. The maximum Gasteiger partial charge on any atom is 0.0217 e. The number of nitrogens with one attached hydrogen (secondary N) is 1. The fraction of sp³-hybridized carbons (Fsp3) is 1.00. The van der Waals surface area contributed by atoms with Gasteiger partial charge in [-0.3, -0.25) is 0 Å². The fourth-order valence-electron chi connectivity index (χ4n) is 3.13. The van der Waals surface area contributed by atoms with Crippen LogP contribution in [0.4, 0.5) is 0 Å². The summed E-state index contributed by atoms with van der Waals surface area (Å²) in [7, 11) is 0. The highest BCUT2D eigenvalue weighted by Gasteiger charge is 2.25. The van der Waals surface area contributed by atoms with E-state index in [1.807, 2.05) is 0 Å². The van der Waals surface area contributed by atoms with E-state index in [1.165, 1.54) is 32.6 Å². The quantitative estimate of drug-likeness (QED) is 0.810. The second-order valence-corrected chi connectivity index (χ2v) is 7.07. The van der Waals surface area contributed by atoms with Crippen LogP contribution in [0.2, 0.25) is 0 Å². The molecule has 108 valence electrons. The van der Waals surface area contributed by atoms with Gasteiger partial charge in [-0.2, -0.15) is 0 Å². The standard InChI is InChI=1S/C16H34N2/c1-12(2)15(13(3)4)10-18-9-7-8-17-16(11-18)14(5)6/h12-17H,7-11H2,1-6H3. The monoisotopic (exact) mass is 254 g/mol. The molecule has 0 spiro atoms. The Labute approximate surface area is 115 Å². The Balaban J connectivity index is 2.57. The number of hydrogen-bond donors (Lipinski definition) is 1. The summed E-state index contributed by atoms with van der Waals surface area (Å²) in [5.41, 5.74) is 0. The average molecular weight is 254 g/mol. The van der Waals surface area contributed by atoms with Gasteiger partial charge in [0, 0.05) is 19.1 Å². The summed E-state index contributed by atoms with van der Waals surface area (Å²) in [5, 5.41) is 3.70. The molecule has 1 N–H and O–H groups in total. The predicted molar refractivity (Wildman–Crippen MR) is 80.9 cm³/mol. The first kappa shape index (κ1) is 16.0. The fourth-order valence-corrected chi connectivity index (χ4v) is 3.13. The predicted octanol–water partition coefficient (Wildman–Crippen LogP) is 3.23. The second kappa shape index (κ2) is 7.49. The third-order valence-electron chi connectivity index (χ3n) is 4.50. The lowest BCUT2D eigenvalue weighted by Gasteiger charge is -2.33. The van der Waals surface area contributed by atoms with E-state index >= 15 is 0 Å². The van der Waals surface area contributed by atoms with Gasteiger partial charge in [0.15, 0.2) is 0 Å². The molecule has 1 fully saturated rings. The van der Waals surface area contributed by atoms with Crippen LogP contribution < -0.4 is 5.32 Å². The molecule has 1 atom stereocenters. The number of hydrogen-bond acceptors (Lipinski definition) is 2. The molecule has 1 saturated heterocycles. The van der Waals surface area contributed by atoms with Gasteiger partial charge >= 0.3 is 0 Å². The van der Waals surface area contributed by atoms with E-state index in [4.69, 9.17) is 0 Å². The van der Waals surface area contributed by atoms with Gasteiger partial charge in [0.2, 0.25) is 0 Å². The zero-order valence-electron chi connectivity index (χ0n) is 13.4. The van der Waals surface area contributed by atoms with Gasteiger partial charge in [0.1, 0.15) is 0 Å². The zero-order valence-corrected chi connectivity index (χ0v) is 13.4. The molecular weight excluding hydrogens is 220 g/mol. The lowest BCUT2D eigenvalue weighted by molar-refractivity contribution is 0.157. The molecule has 2 heteroatoms. The molecule has 1 unspecified atom stereocenters. The Bertz CT molecular complexity index is 215. The van der Waals surface area contributed by atoms with E-state index in [0.29, 0.717) is 6.04 Å². The molecular formula is C16H34N2. The summed E-state index contributed by atoms with van der Waals surface area (Å²) < 4.78 is 0. The maximum atomic E-state index is 3.70. The molecule has 0 bridgehead atoms. The third-order valence-corrected chi connectivity index (χ3v) is 4.50. The summed E-state index contributed by atoms with van der Waals surface area (Å²) in [6.07, 6.45) is 1.30. The highest BCUT2D eigenvalue weighted by atomic mass is 15.2. The largest absolute Gasteiger partial charge is 0.312 e. The van der Waals surface area contributed by atoms with Gasteiger partial charge in [0.05, 0.1) is 0 Å². The highest BCUT2D eigenvalue weighted by molar-refractivity contribution is 4.81. The summed E-state index contributed by atoms with van der Waals surface area (Å²) in [5.74, 6) is 3.15. The van der Waals surface area contributed by atoms with Crippen molar-refractivity contribution in [2.45, 2.75) is 54.0 Å². The van der Waals surface area contributed by atoms with E-state index < -0.39 is 0 Å². The molecule has 0 saturated carbocycles. The van der Waals surface area contributed by atoms with Gasteiger partial charge < -0.3 is 10.2 Å². The van der Waals surface area contributed by atoms with Crippen LogP contribution in [0.25, 0.3) is 0 Å². The lowest BCUT2D eigenvalue weighted by atomic mass is 9.85. The summed E-state index contributed by atoms with van der Waals surface area (Å²) in [6.45, 7) is 19.1. The van der Waals surface area contributed by atoms with Crippen molar-refractivity contribution in [1.82, 2.24) is 10.2 Å². The van der Waals surface area contributed by atoms with Crippen molar-refractivity contribution < 1.29 is 0 Å². The van der Waals surface area contributed by atoms with Crippen LogP contribution in [-0.2, 0) is 0 Å². The van der Waals surface area contributed by atoms with Gasteiger partial charge in [0.25, 0.3) is 0 Å². The normalized spacial score (nSPS) is 23.3. The van der Waals surface area contributed by atoms with Crippen LogP contribution in [0.15, 0.2) is 0 Å².